The van der Waals surface area contributed by atoms with E-state index < -0.39 is 4.92 Å². The number of nitro groups is 1. The van der Waals surface area contributed by atoms with Crippen LogP contribution in [0.5, 0.6) is 0 Å². The van der Waals surface area contributed by atoms with Gasteiger partial charge in [-0.25, -0.2) is 0 Å². The van der Waals surface area contributed by atoms with Gasteiger partial charge in [0.25, 0.3) is 0 Å². The smallest absolute Gasteiger partial charge is 0.324 e. The van der Waals surface area contributed by atoms with E-state index in [9.17, 15) is 14.9 Å². The van der Waals surface area contributed by atoms with E-state index in [1.54, 1.807) is 11.4 Å². The van der Waals surface area contributed by atoms with E-state index in [1.807, 2.05) is 13.8 Å². The van der Waals surface area contributed by atoms with Crippen molar-refractivity contribution in [3.63, 3.8) is 0 Å². The maximum Gasteiger partial charge on any atom is 0.324 e. The maximum atomic E-state index is 11.3. The summed E-state index contributed by atoms with van der Waals surface area (Å²) in [7, 11) is 0. The Morgan fingerprint density at radius 2 is 2.28 bits per heavy atom. The predicted molar refractivity (Wildman–Crippen MR) is 70.6 cm³/mol. The Morgan fingerprint density at radius 1 is 1.56 bits per heavy atom. The van der Waals surface area contributed by atoms with E-state index in [0.29, 0.717) is 19.5 Å². The summed E-state index contributed by atoms with van der Waals surface area (Å²) in [4.78, 5) is 21.4. The zero-order chi connectivity index (χ0) is 13.5. The molecule has 0 aliphatic carbocycles. The van der Waals surface area contributed by atoms with E-state index in [0.717, 1.165) is 16.9 Å². The number of hydrogen-bond acceptors (Lipinski definition) is 5. The molecule has 6 nitrogen and oxygen atoms in total. The van der Waals surface area contributed by atoms with E-state index in [2.05, 4.69) is 10.6 Å². The van der Waals surface area contributed by atoms with Gasteiger partial charge in [0.1, 0.15) is 0 Å². The van der Waals surface area contributed by atoms with Crippen molar-refractivity contribution in [1.82, 2.24) is 10.6 Å². The van der Waals surface area contributed by atoms with Crippen molar-refractivity contribution < 1.29 is 9.72 Å². The Bertz CT molecular complexity index is 417. The number of thiophene rings is 1. The first-order valence-corrected chi connectivity index (χ1v) is 6.59. The van der Waals surface area contributed by atoms with Crippen LogP contribution in [-0.4, -0.2) is 23.4 Å². The molecule has 1 heterocycles. The van der Waals surface area contributed by atoms with Gasteiger partial charge in [-0.05, 0) is 19.4 Å². The second-order valence-electron chi connectivity index (χ2n) is 4.20. The van der Waals surface area contributed by atoms with Gasteiger partial charge in [-0.3, -0.25) is 14.9 Å². The van der Waals surface area contributed by atoms with Gasteiger partial charge in [0.05, 0.1) is 4.92 Å². The van der Waals surface area contributed by atoms with Gasteiger partial charge in [0.15, 0.2) is 0 Å². The molecule has 1 aromatic heterocycles. The van der Waals surface area contributed by atoms with Crippen molar-refractivity contribution in [3.05, 3.63) is 27.1 Å². The van der Waals surface area contributed by atoms with Crippen LogP contribution in [0.2, 0.25) is 0 Å². The number of nitrogens with zero attached hydrogens (tertiary/aromatic N) is 1. The highest BCUT2D eigenvalue weighted by molar-refractivity contribution is 7.13. The fourth-order valence-corrected chi connectivity index (χ4v) is 2.11. The highest BCUT2D eigenvalue weighted by Gasteiger charge is 2.09. The molecule has 0 aliphatic rings. The molecule has 0 saturated carbocycles. The number of rotatable bonds is 7. The third-order valence-electron chi connectivity index (χ3n) is 2.13. The van der Waals surface area contributed by atoms with Crippen molar-refractivity contribution >= 4 is 22.2 Å². The van der Waals surface area contributed by atoms with Crippen LogP contribution in [0.1, 0.15) is 25.8 Å². The van der Waals surface area contributed by atoms with Crippen LogP contribution >= 0.6 is 11.3 Å². The fourth-order valence-electron chi connectivity index (χ4n) is 1.38. The predicted octanol–water partition coefficient (Wildman–Crippen LogP) is 1.66. The van der Waals surface area contributed by atoms with Gasteiger partial charge in [-0.15, -0.1) is 0 Å². The zero-order valence-corrected chi connectivity index (χ0v) is 11.3. The average molecular weight is 271 g/mol. The molecule has 0 unspecified atom stereocenters. The Kier molecular flexibility index (Phi) is 5.73. The van der Waals surface area contributed by atoms with Crippen LogP contribution in [0.4, 0.5) is 5.00 Å². The second-order valence-corrected chi connectivity index (χ2v) is 5.09. The van der Waals surface area contributed by atoms with Crippen LogP contribution < -0.4 is 10.6 Å². The third kappa shape index (κ3) is 5.24. The lowest BCUT2D eigenvalue weighted by molar-refractivity contribution is -0.380. The molecular formula is C11H17N3O3S. The lowest BCUT2D eigenvalue weighted by atomic mass is 10.3. The van der Waals surface area contributed by atoms with Crippen molar-refractivity contribution in [2.45, 2.75) is 32.9 Å². The molecular weight excluding hydrogens is 254 g/mol. The first-order valence-electron chi connectivity index (χ1n) is 5.71. The normalized spacial score (nSPS) is 10.6. The summed E-state index contributed by atoms with van der Waals surface area (Å²) in [5.41, 5.74) is 0.871. The highest BCUT2D eigenvalue weighted by atomic mass is 32.1. The molecule has 0 aliphatic heterocycles. The summed E-state index contributed by atoms with van der Waals surface area (Å²) in [5, 5.41) is 18.2. The van der Waals surface area contributed by atoms with Crippen LogP contribution in [0, 0.1) is 10.1 Å². The summed E-state index contributed by atoms with van der Waals surface area (Å²) in [6.45, 7) is 4.92. The van der Waals surface area contributed by atoms with Crippen LogP contribution in [0.15, 0.2) is 11.4 Å². The molecule has 0 spiro atoms. The fraction of sp³-hybridized carbons (Fsp3) is 0.545. The van der Waals surface area contributed by atoms with Crippen molar-refractivity contribution in [1.29, 1.82) is 0 Å². The Balaban J connectivity index is 2.21. The van der Waals surface area contributed by atoms with Crippen LogP contribution in [0.25, 0.3) is 0 Å². The molecule has 1 aromatic rings. The third-order valence-corrected chi connectivity index (χ3v) is 3.06. The minimum Gasteiger partial charge on any atom is -0.354 e. The van der Waals surface area contributed by atoms with Crippen LogP contribution in [-0.2, 0) is 11.3 Å². The first-order chi connectivity index (χ1) is 8.49. The molecule has 2 N–H and O–H groups in total. The van der Waals surface area contributed by atoms with E-state index >= 15 is 0 Å². The SMILES string of the molecule is CC(C)NC(=O)CCNCc1csc([N+](=O)[O-])c1. The Labute approximate surface area is 110 Å². The van der Waals surface area contributed by atoms with E-state index in [1.165, 1.54) is 0 Å². The molecule has 18 heavy (non-hydrogen) atoms. The minimum absolute atomic E-state index is 0.00815. The highest BCUT2D eigenvalue weighted by Crippen LogP contribution is 2.22. The topological polar surface area (TPSA) is 84.3 Å². The molecule has 100 valence electrons. The summed E-state index contributed by atoms with van der Waals surface area (Å²) in [6, 6.07) is 1.70. The van der Waals surface area contributed by atoms with E-state index in [-0.39, 0.29) is 17.0 Å². The van der Waals surface area contributed by atoms with Gasteiger partial charge < -0.3 is 10.6 Å². The zero-order valence-electron chi connectivity index (χ0n) is 10.4. The molecule has 0 fully saturated rings. The first kappa shape index (κ1) is 14.6. The largest absolute Gasteiger partial charge is 0.354 e. The molecule has 0 aromatic carbocycles. The maximum absolute atomic E-state index is 11.3. The molecule has 1 amide bonds. The van der Waals surface area contributed by atoms with Gasteiger partial charge in [0, 0.05) is 37.0 Å². The Hall–Kier alpha value is -1.47. The summed E-state index contributed by atoms with van der Waals surface area (Å²) < 4.78 is 0. The molecule has 0 bridgehead atoms. The number of nitrogens with one attached hydrogen (secondary N) is 2. The lowest BCUT2D eigenvalue weighted by Gasteiger charge is -2.08. The number of carbonyl (C=O) groups excluding carboxylic acids is 1. The summed E-state index contributed by atoms with van der Waals surface area (Å²) in [6.07, 6.45) is 0.407. The molecule has 0 saturated heterocycles. The monoisotopic (exact) mass is 271 g/mol. The minimum atomic E-state index is -0.399. The summed E-state index contributed by atoms with van der Waals surface area (Å²) >= 11 is 1.11. The van der Waals surface area contributed by atoms with E-state index in [4.69, 9.17) is 0 Å². The van der Waals surface area contributed by atoms with Crippen molar-refractivity contribution in [3.8, 4) is 0 Å². The average Bonchev–Trinajstić information content (AvgIpc) is 2.72. The van der Waals surface area contributed by atoms with Gasteiger partial charge in [0.2, 0.25) is 5.91 Å². The summed E-state index contributed by atoms with van der Waals surface area (Å²) in [5.74, 6) is 0.00815. The standard InChI is InChI=1S/C11H17N3O3S/c1-8(2)13-10(15)3-4-12-6-9-5-11(14(16)17)18-7-9/h5,7-8,12H,3-4,6H2,1-2H3,(H,13,15). The molecule has 1 rings (SSSR count). The van der Waals surface area contributed by atoms with Gasteiger partial charge in [-0.1, -0.05) is 11.3 Å². The molecule has 7 heteroatoms. The number of amides is 1. The van der Waals surface area contributed by atoms with Gasteiger partial charge >= 0.3 is 5.00 Å². The van der Waals surface area contributed by atoms with Gasteiger partial charge in [-0.2, -0.15) is 0 Å². The van der Waals surface area contributed by atoms with Crippen molar-refractivity contribution in [2.75, 3.05) is 6.54 Å². The number of carbonyl (C=O) groups is 1. The number of hydrogen-bond donors (Lipinski definition) is 2. The van der Waals surface area contributed by atoms with Crippen molar-refractivity contribution in [2.24, 2.45) is 0 Å². The molecule has 0 radical (unpaired) electrons. The lowest BCUT2D eigenvalue weighted by Crippen LogP contribution is -2.32. The quantitative estimate of drug-likeness (QED) is 0.449. The Morgan fingerprint density at radius 3 is 2.83 bits per heavy atom. The molecule has 0 atom stereocenters. The second kappa shape index (κ2) is 7.07. The van der Waals surface area contributed by atoms with Crippen LogP contribution in [0.3, 0.4) is 0 Å².